The van der Waals surface area contributed by atoms with Gasteiger partial charge >= 0.3 is 0 Å². The van der Waals surface area contributed by atoms with Crippen molar-refractivity contribution in [2.75, 3.05) is 12.8 Å². The summed E-state index contributed by atoms with van der Waals surface area (Å²) in [6, 6.07) is 7.51. The van der Waals surface area contributed by atoms with Gasteiger partial charge in [0, 0.05) is 5.41 Å². The second-order valence-corrected chi connectivity index (χ2v) is 5.79. The van der Waals surface area contributed by atoms with Gasteiger partial charge in [-0.05, 0) is 24.3 Å². The van der Waals surface area contributed by atoms with Crippen molar-refractivity contribution in [3.05, 3.63) is 35.0 Å². The molecule has 0 atom stereocenters. The van der Waals surface area contributed by atoms with Gasteiger partial charge in [-0.1, -0.05) is 32.4 Å². The molecule has 0 bridgehead atoms. The Hall–Kier alpha value is -1.68. The molecule has 0 aliphatic heterocycles. The number of benzene rings is 1. The zero-order chi connectivity index (χ0) is 14.2. The molecule has 4 nitrogen and oxygen atoms in total. The van der Waals surface area contributed by atoms with E-state index in [9.17, 15) is 0 Å². The van der Waals surface area contributed by atoms with Crippen molar-refractivity contribution in [3.63, 3.8) is 0 Å². The molecule has 0 saturated carbocycles. The maximum Gasteiger partial charge on any atom is 0.146 e. The number of nitrogens with two attached hydrogens (primary N) is 1. The number of halogens is 1. The summed E-state index contributed by atoms with van der Waals surface area (Å²) in [6.07, 6.45) is 0. The summed E-state index contributed by atoms with van der Waals surface area (Å²) in [5.74, 6) is 1.24. The molecule has 5 heteroatoms. The van der Waals surface area contributed by atoms with E-state index in [-0.39, 0.29) is 5.41 Å². The van der Waals surface area contributed by atoms with Crippen LogP contribution in [-0.2, 0) is 5.41 Å². The van der Waals surface area contributed by atoms with Crippen LogP contribution in [0.4, 0.5) is 5.82 Å². The number of hydrogen-bond acceptors (Lipinski definition) is 3. The number of methoxy groups -OCH3 is 1. The SMILES string of the molecule is COc1ccc(-n2nc(C(C)(C)C)c(Cl)c2N)cc1. The summed E-state index contributed by atoms with van der Waals surface area (Å²) in [6.45, 7) is 6.16. The summed E-state index contributed by atoms with van der Waals surface area (Å²) >= 11 is 6.27. The van der Waals surface area contributed by atoms with Gasteiger partial charge in [-0.15, -0.1) is 0 Å². The highest BCUT2D eigenvalue weighted by Crippen LogP contribution is 2.34. The minimum absolute atomic E-state index is 0.150. The molecule has 0 saturated heterocycles. The van der Waals surface area contributed by atoms with Crippen molar-refractivity contribution in [1.82, 2.24) is 9.78 Å². The molecule has 0 spiro atoms. The lowest BCUT2D eigenvalue weighted by atomic mass is 9.92. The van der Waals surface area contributed by atoms with E-state index in [0.717, 1.165) is 17.1 Å². The van der Waals surface area contributed by atoms with Crippen LogP contribution >= 0.6 is 11.6 Å². The van der Waals surface area contributed by atoms with E-state index in [0.29, 0.717) is 10.8 Å². The third-order valence-corrected chi connectivity index (χ3v) is 3.26. The van der Waals surface area contributed by atoms with Gasteiger partial charge in [0.1, 0.15) is 16.6 Å². The highest BCUT2D eigenvalue weighted by Gasteiger charge is 2.25. The van der Waals surface area contributed by atoms with E-state index < -0.39 is 0 Å². The molecule has 2 N–H and O–H groups in total. The lowest BCUT2D eigenvalue weighted by Gasteiger charge is -2.15. The van der Waals surface area contributed by atoms with E-state index in [1.165, 1.54) is 0 Å². The van der Waals surface area contributed by atoms with Crippen molar-refractivity contribution in [3.8, 4) is 11.4 Å². The van der Waals surface area contributed by atoms with E-state index >= 15 is 0 Å². The van der Waals surface area contributed by atoms with Crippen molar-refractivity contribution < 1.29 is 4.74 Å². The molecule has 102 valence electrons. The average Bonchev–Trinajstić information content (AvgIpc) is 2.66. The van der Waals surface area contributed by atoms with Gasteiger partial charge in [-0.3, -0.25) is 0 Å². The number of ether oxygens (including phenoxy) is 1. The van der Waals surface area contributed by atoms with Gasteiger partial charge < -0.3 is 10.5 Å². The van der Waals surface area contributed by atoms with Gasteiger partial charge in [0.2, 0.25) is 0 Å². The molecule has 0 aliphatic carbocycles. The summed E-state index contributed by atoms with van der Waals surface area (Å²) in [5.41, 5.74) is 7.54. The first-order chi connectivity index (χ1) is 8.84. The smallest absolute Gasteiger partial charge is 0.146 e. The molecule has 1 aromatic carbocycles. The average molecular weight is 280 g/mol. The van der Waals surface area contributed by atoms with E-state index in [4.69, 9.17) is 22.1 Å². The Bertz CT molecular complexity index is 582. The maximum absolute atomic E-state index is 6.27. The Morgan fingerprint density at radius 1 is 1.21 bits per heavy atom. The Morgan fingerprint density at radius 3 is 2.21 bits per heavy atom. The van der Waals surface area contributed by atoms with Gasteiger partial charge in [-0.2, -0.15) is 5.10 Å². The van der Waals surface area contributed by atoms with Gasteiger partial charge in [0.05, 0.1) is 18.5 Å². The lowest BCUT2D eigenvalue weighted by molar-refractivity contribution is 0.414. The second-order valence-electron chi connectivity index (χ2n) is 5.41. The molecule has 2 rings (SSSR count). The Kier molecular flexibility index (Phi) is 3.45. The molecule has 0 aliphatic rings. The fraction of sp³-hybridized carbons (Fsp3) is 0.357. The van der Waals surface area contributed by atoms with Crippen LogP contribution in [0.3, 0.4) is 0 Å². The standard InChI is InChI=1S/C14H18ClN3O/c1-14(2,3)12-11(15)13(16)18(17-12)9-5-7-10(19-4)8-6-9/h5-8H,16H2,1-4H3. The van der Waals surface area contributed by atoms with E-state index in [1.807, 2.05) is 24.3 Å². The molecule has 19 heavy (non-hydrogen) atoms. The lowest BCUT2D eigenvalue weighted by Crippen LogP contribution is -2.13. The van der Waals surface area contributed by atoms with Crippen LogP contribution in [0.25, 0.3) is 5.69 Å². The largest absolute Gasteiger partial charge is 0.497 e. The molecule has 1 heterocycles. The van der Waals surface area contributed by atoms with Gasteiger partial charge in [-0.25, -0.2) is 4.68 Å². The van der Waals surface area contributed by atoms with Crippen LogP contribution < -0.4 is 10.5 Å². The molecular formula is C14H18ClN3O. The summed E-state index contributed by atoms with van der Waals surface area (Å²) in [5, 5.41) is 5.04. The predicted octanol–water partition coefficient (Wildman–Crippen LogP) is 3.41. The van der Waals surface area contributed by atoms with Crippen molar-refractivity contribution in [2.45, 2.75) is 26.2 Å². The zero-order valence-corrected chi connectivity index (χ0v) is 12.3. The van der Waals surface area contributed by atoms with Crippen LogP contribution in [0.15, 0.2) is 24.3 Å². The normalized spacial score (nSPS) is 11.6. The number of hydrogen-bond donors (Lipinski definition) is 1. The van der Waals surface area contributed by atoms with Crippen LogP contribution in [0.2, 0.25) is 5.02 Å². The van der Waals surface area contributed by atoms with Crippen LogP contribution in [0, 0.1) is 0 Å². The molecule has 0 unspecified atom stereocenters. The van der Waals surface area contributed by atoms with E-state index in [2.05, 4.69) is 25.9 Å². The number of rotatable bonds is 2. The van der Waals surface area contributed by atoms with Crippen molar-refractivity contribution in [1.29, 1.82) is 0 Å². The highest BCUT2D eigenvalue weighted by molar-refractivity contribution is 6.33. The van der Waals surface area contributed by atoms with Crippen molar-refractivity contribution >= 4 is 17.4 Å². The summed E-state index contributed by atoms with van der Waals surface area (Å²) in [7, 11) is 1.63. The number of anilines is 1. The Balaban J connectivity index is 2.50. The fourth-order valence-electron chi connectivity index (χ4n) is 1.81. The van der Waals surface area contributed by atoms with Crippen LogP contribution in [0.5, 0.6) is 5.75 Å². The molecule has 0 amide bonds. The number of nitrogens with zero attached hydrogens (tertiary/aromatic N) is 2. The highest BCUT2D eigenvalue weighted by atomic mass is 35.5. The number of aromatic nitrogens is 2. The summed E-state index contributed by atoms with van der Waals surface area (Å²) < 4.78 is 6.79. The Morgan fingerprint density at radius 2 is 1.79 bits per heavy atom. The molecular weight excluding hydrogens is 262 g/mol. The quantitative estimate of drug-likeness (QED) is 0.916. The second kappa shape index (κ2) is 4.78. The van der Waals surface area contributed by atoms with Gasteiger partial charge in [0.25, 0.3) is 0 Å². The van der Waals surface area contributed by atoms with Gasteiger partial charge in [0.15, 0.2) is 0 Å². The monoisotopic (exact) mass is 279 g/mol. The molecule has 2 aromatic rings. The first kappa shape index (κ1) is 13.7. The maximum atomic E-state index is 6.27. The predicted molar refractivity (Wildman–Crippen MR) is 78.2 cm³/mol. The van der Waals surface area contributed by atoms with Crippen molar-refractivity contribution in [2.24, 2.45) is 0 Å². The number of nitrogen functional groups attached to an aromatic ring is 1. The third kappa shape index (κ3) is 2.54. The zero-order valence-electron chi connectivity index (χ0n) is 11.6. The Labute approximate surface area is 118 Å². The topological polar surface area (TPSA) is 53.1 Å². The fourth-order valence-corrected chi connectivity index (χ4v) is 2.21. The molecule has 1 aromatic heterocycles. The molecule has 0 radical (unpaired) electrons. The molecule has 0 fully saturated rings. The third-order valence-electron chi connectivity index (χ3n) is 2.89. The van der Waals surface area contributed by atoms with Crippen LogP contribution in [0.1, 0.15) is 26.5 Å². The van der Waals surface area contributed by atoms with Crippen LogP contribution in [-0.4, -0.2) is 16.9 Å². The minimum atomic E-state index is -0.150. The summed E-state index contributed by atoms with van der Waals surface area (Å²) in [4.78, 5) is 0. The van der Waals surface area contributed by atoms with E-state index in [1.54, 1.807) is 11.8 Å². The first-order valence-corrected chi connectivity index (χ1v) is 6.41. The first-order valence-electron chi connectivity index (χ1n) is 6.03. The minimum Gasteiger partial charge on any atom is -0.497 e.